The van der Waals surface area contributed by atoms with Crippen LogP contribution in [0.15, 0.2) is 48.0 Å². The number of nitrogens with one attached hydrogen (secondary N) is 1. The van der Waals surface area contributed by atoms with Gasteiger partial charge in [-0.05, 0) is 29.8 Å². The highest BCUT2D eigenvalue weighted by molar-refractivity contribution is 7.14. The lowest BCUT2D eigenvalue weighted by molar-refractivity contribution is 0.0623. The molecule has 0 unspecified atom stereocenters. The Kier molecular flexibility index (Phi) is 5.20. The molecule has 0 bridgehead atoms. The topological polar surface area (TPSA) is 79.8 Å². The zero-order chi connectivity index (χ0) is 20.3. The molecular formula is C21H21N5O3S. The SMILES string of the molecule is O=C(c1csc(Nc2ccccn2)n1)N1CCN(Cc2ccc3c(c2)OCO3)CC1. The van der Waals surface area contributed by atoms with Crippen LogP contribution in [0, 0.1) is 0 Å². The van der Waals surface area contributed by atoms with Crippen molar-refractivity contribution >= 4 is 28.2 Å². The van der Waals surface area contributed by atoms with Gasteiger partial charge in [0.1, 0.15) is 11.5 Å². The third-order valence-corrected chi connectivity index (χ3v) is 5.88. The van der Waals surface area contributed by atoms with Crippen LogP contribution >= 0.6 is 11.3 Å². The van der Waals surface area contributed by atoms with Crippen molar-refractivity contribution in [3.63, 3.8) is 0 Å². The Morgan fingerprint density at radius 3 is 2.80 bits per heavy atom. The van der Waals surface area contributed by atoms with Crippen molar-refractivity contribution in [1.29, 1.82) is 0 Å². The Labute approximate surface area is 178 Å². The molecule has 4 heterocycles. The maximum atomic E-state index is 12.8. The minimum atomic E-state index is -0.0250. The first-order chi connectivity index (χ1) is 14.7. The number of fused-ring (bicyclic) bond motifs is 1. The van der Waals surface area contributed by atoms with Gasteiger partial charge in [0.2, 0.25) is 6.79 Å². The molecule has 1 fully saturated rings. The van der Waals surface area contributed by atoms with Crippen molar-refractivity contribution in [2.24, 2.45) is 0 Å². The normalized spacial score (nSPS) is 15.9. The highest BCUT2D eigenvalue weighted by Crippen LogP contribution is 2.33. The van der Waals surface area contributed by atoms with E-state index in [1.165, 1.54) is 16.9 Å². The van der Waals surface area contributed by atoms with Crippen molar-refractivity contribution in [2.45, 2.75) is 6.54 Å². The van der Waals surface area contributed by atoms with E-state index in [0.717, 1.165) is 31.1 Å². The summed E-state index contributed by atoms with van der Waals surface area (Å²) in [6.07, 6.45) is 1.71. The van der Waals surface area contributed by atoms with Crippen LogP contribution in [0.3, 0.4) is 0 Å². The molecule has 2 aliphatic heterocycles. The first-order valence-electron chi connectivity index (χ1n) is 9.78. The van der Waals surface area contributed by atoms with E-state index in [-0.39, 0.29) is 12.7 Å². The maximum Gasteiger partial charge on any atom is 0.273 e. The zero-order valence-corrected chi connectivity index (χ0v) is 17.1. The summed E-state index contributed by atoms with van der Waals surface area (Å²) in [5.74, 6) is 2.29. The average Bonchev–Trinajstić information content (AvgIpc) is 3.44. The molecule has 2 aromatic heterocycles. The number of amides is 1. The van der Waals surface area contributed by atoms with Gasteiger partial charge < -0.3 is 19.7 Å². The number of hydrogen-bond acceptors (Lipinski definition) is 8. The molecule has 30 heavy (non-hydrogen) atoms. The van der Waals surface area contributed by atoms with E-state index >= 15 is 0 Å². The van der Waals surface area contributed by atoms with Crippen molar-refractivity contribution in [3.8, 4) is 11.5 Å². The number of pyridine rings is 1. The maximum absolute atomic E-state index is 12.8. The van der Waals surface area contributed by atoms with Gasteiger partial charge in [0.25, 0.3) is 5.91 Å². The van der Waals surface area contributed by atoms with Crippen LogP contribution in [-0.4, -0.2) is 58.6 Å². The second kappa shape index (κ2) is 8.29. The van der Waals surface area contributed by atoms with Crippen molar-refractivity contribution in [3.05, 3.63) is 59.2 Å². The standard InChI is InChI=1S/C21H21N5O3S/c27-20(16-13-30-21(23-16)24-19-3-1-2-6-22-19)26-9-7-25(8-10-26)12-15-4-5-17-18(11-15)29-14-28-17/h1-6,11,13H,7-10,12,14H2,(H,22,23,24). The predicted molar refractivity (Wildman–Crippen MR) is 113 cm³/mol. The smallest absolute Gasteiger partial charge is 0.273 e. The van der Waals surface area contributed by atoms with Gasteiger partial charge in [0.05, 0.1) is 0 Å². The lowest BCUT2D eigenvalue weighted by Gasteiger charge is -2.34. The number of thiazole rings is 1. The van der Waals surface area contributed by atoms with E-state index in [0.29, 0.717) is 29.7 Å². The molecular weight excluding hydrogens is 402 g/mol. The third-order valence-electron chi connectivity index (χ3n) is 5.13. The Morgan fingerprint density at radius 2 is 1.97 bits per heavy atom. The molecule has 3 aromatic rings. The van der Waals surface area contributed by atoms with E-state index in [9.17, 15) is 4.79 Å². The van der Waals surface area contributed by atoms with Gasteiger partial charge in [-0.2, -0.15) is 0 Å². The molecule has 8 nitrogen and oxygen atoms in total. The van der Waals surface area contributed by atoms with Crippen LogP contribution in [0.5, 0.6) is 11.5 Å². The highest BCUT2D eigenvalue weighted by Gasteiger charge is 2.24. The second-order valence-electron chi connectivity index (χ2n) is 7.13. The van der Waals surface area contributed by atoms with Crippen LogP contribution in [0.1, 0.15) is 16.1 Å². The summed E-state index contributed by atoms with van der Waals surface area (Å²) < 4.78 is 10.8. The fraction of sp³-hybridized carbons (Fsp3) is 0.286. The summed E-state index contributed by atoms with van der Waals surface area (Å²) in [5.41, 5.74) is 1.66. The number of piperazine rings is 1. The van der Waals surface area contributed by atoms with E-state index in [1.54, 1.807) is 11.6 Å². The molecule has 1 amide bonds. The molecule has 2 aliphatic rings. The summed E-state index contributed by atoms with van der Waals surface area (Å²) in [6, 6.07) is 11.7. The summed E-state index contributed by atoms with van der Waals surface area (Å²) in [7, 11) is 0. The van der Waals surface area contributed by atoms with Gasteiger partial charge >= 0.3 is 0 Å². The van der Waals surface area contributed by atoms with Crippen LogP contribution in [0.4, 0.5) is 10.9 Å². The molecule has 1 N–H and O–H groups in total. The monoisotopic (exact) mass is 423 g/mol. The minimum absolute atomic E-state index is 0.0250. The average molecular weight is 423 g/mol. The molecule has 154 valence electrons. The van der Waals surface area contributed by atoms with Crippen LogP contribution < -0.4 is 14.8 Å². The lowest BCUT2D eigenvalue weighted by atomic mass is 10.1. The number of aromatic nitrogens is 2. The lowest BCUT2D eigenvalue weighted by Crippen LogP contribution is -2.48. The first kappa shape index (κ1) is 18.8. The van der Waals surface area contributed by atoms with Crippen molar-refractivity contribution in [2.75, 3.05) is 38.3 Å². The largest absolute Gasteiger partial charge is 0.454 e. The molecule has 1 saturated heterocycles. The van der Waals surface area contributed by atoms with Crippen LogP contribution in [0.2, 0.25) is 0 Å². The number of rotatable bonds is 5. The number of benzene rings is 1. The quantitative estimate of drug-likeness (QED) is 0.676. The Hall–Kier alpha value is -3.17. The zero-order valence-electron chi connectivity index (χ0n) is 16.3. The van der Waals surface area contributed by atoms with Gasteiger partial charge in [0, 0.05) is 44.3 Å². The predicted octanol–water partition coefficient (Wildman–Crippen LogP) is 2.97. The number of anilines is 2. The van der Waals surface area contributed by atoms with Gasteiger partial charge in [0.15, 0.2) is 16.6 Å². The minimum Gasteiger partial charge on any atom is -0.454 e. The number of carbonyl (C=O) groups is 1. The van der Waals surface area contributed by atoms with Gasteiger partial charge in [-0.15, -0.1) is 11.3 Å². The molecule has 0 saturated carbocycles. The summed E-state index contributed by atoms with van der Waals surface area (Å²) >= 11 is 1.41. The van der Waals surface area contributed by atoms with E-state index in [1.807, 2.05) is 35.2 Å². The molecule has 5 rings (SSSR count). The second-order valence-corrected chi connectivity index (χ2v) is 7.99. The Bertz CT molecular complexity index is 1030. The first-order valence-corrected chi connectivity index (χ1v) is 10.7. The molecule has 1 aromatic carbocycles. The van der Waals surface area contributed by atoms with E-state index in [4.69, 9.17) is 9.47 Å². The summed E-state index contributed by atoms with van der Waals surface area (Å²) in [5, 5.41) is 5.60. The van der Waals surface area contributed by atoms with Gasteiger partial charge in [-0.1, -0.05) is 12.1 Å². The number of carbonyl (C=O) groups excluding carboxylic acids is 1. The fourth-order valence-electron chi connectivity index (χ4n) is 3.54. The third kappa shape index (κ3) is 4.07. The van der Waals surface area contributed by atoms with E-state index in [2.05, 4.69) is 26.3 Å². The van der Waals surface area contributed by atoms with Gasteiger partial charge in [-0.3, -0.25) is 9.69 Å². The number of nitrogens with zero attached hydrogens (tertiary/aromatic N) is 4. The molecule has 0 spiro atoms. The summed E-state index contributed by atoms with van der Waals surface area (Å²) in [6.45, 7) is 4.13. The highest BCUT2D eigenvalue weighted by atomic mass is 32.1. The van der Waals surface area contributed by atoms with Crippen LogP contribution in [-0.2, 0) is 6.54 Å². The fourth-order valence-corrected chi connectivity index (χ4v) is 4.24. The molecule has 0 atom stereocenters. The van der Waals surface area contributed by atoms with Crippen molar-refractivity contribution < 1.29 is 14.3 Å². The molecule has 0 radical (unpaired) electrons. The van der Waals surface area contributed by atoms with Crippen molar-refractivity contribution in [1.82, 2.24) is 19.8 Å². The molecule has 0 aliphatic carbocycles. The number of ether oxygens (including phenoxy) is 2. The summed E-state index contributed by atoms with van der Waals surface area (Å²) in [4.78, 5) is 25.7. The Balaban J connectivity index is 1.15. The van der Waals surface area contributed by atoms with Crippen LogP contribution in [0.25, 0.3) is 0 Å². The van der Waals surface area contributed by atoms with Gasteiger partial charge in [-0.25, -0.2) is 9.97 Å². The molecule has 9 heteroatoms. The number of hydrogen-bond donors (Lipinski definition) is 1. The Morgan fingerprint density at radius 1 is 1.10 bits per heavy atom. The van der Waals surface area contributed by atoms with E-state index < -0.39 is 0 Å².